The number of amides is 1. The SMILES string of the molecule is COc1cc(C(=O)Nc2ccccc2SCc2nnc(-c3ccccc3)o2)cc(OC)c1OC. The van der Waals surface area contributed by atoms with Gasteiger partial charge in [0.25, 0.3) is 5.91 Å². The van der Waals surface area contributed by atoms with E-state index >= 15 is 0 Å². The van der Waals surface area contributed by atoms with Crippen LogP contribution in [0.25, 0.3) is 11.5 Å². The highest BCUT2D eigenvalue weighted by molar-refractivity contribution is 7.98. The van der Waals surface area contributed by atoms with Crippen LogP contribution in [0.4, 0.5) is 5.69 Å². The molecule has 174 valence electrons. The Morgan fingerprint density at radius 3 is 2.26 bits per heavy atom. The number of thioether (sulfide) groups is 1. The second-order valence-electron chi connectivity index (χ2n) is 7.02. The van der Waals surface area contributed by atoms with Gasteiger partial charge in [-0.15, -0.1) is 22.0 Å². The number of aromatic nitrogens is 2. The summed E-state index contributed by atoms with van der Waals surface area (Å²) in [6.45, 7) is 0. The van der Waals surface area contributed by atoms with Gasteiger partial charge in [-0.2, -0.15) is 0 Å². The van der Waals surface area contributed by atoms with Gasteiger partial charge in [-0.05, 0) is 36.4 Å². The Kier molecular flexibility index (Phi) is 7.34. The zero-order chi connectivity index (χ0) is 23.9. The number of para-hydroxylation sites is 1. The Bertz CT molecular complexity index is 1250. The molecule has 0 spiro atoms. The molecule has 0 radical (unpaired) electrons. The van der Waals surface area contributed by atoms with Crippen molar-refractivity contribution >= 4 is 23.4 Å². The molecule has 0 aliphatic heterocycles. The number of rotatable bonds is 9. The van der Waals surface area contributed by atoms with Crippen molar-refractivity contribution in [1.82, 2.24) is 10.2 Å². The molecule has 34 heavy (non-hydrogen) atoms. The lowest BCUT2D eigenvalue weighted by molar-refractivity contribution is 0.102. The fourth-order valence-corrected chi connectivity index (χ4v) is 4.10. The number of hydrogen-bond acceptors (Lipinski definition) is 8. The molecule has 0 saturated heterocycles. The number of nitrogens with zero attached hydrogens (tertiary/aromatic N) is 2. The second-order valence-corrected chi connectivity index (χ2v) is 8.04. The molecule has 0 fully saturated rings. The summed E-state index contributed by atoms with van der Waals surface area (Å²) in [4.78, 5) is 13.9. The average molecular weight is 478 g/mol. The van der Waals surface area contributed by atoms with Crippen LogP contribution in [0.1, 0.15) is 16.2 Å². The van der Waals surface area contributed by atoms with E-state index in [1.807, 2.05) is 54.6 Å². The van der Waals surface area contributed by atoms with E-state index in [0.717, 1.165) is 10.5 Å². The van der Waals surface area contributed by atoms with Gasteiger partial charge in [0.15, 0.2) is 11.5 Å². The first-order chi connectivity index (χ1) is 16.6. The van der Waals surface area contributed by atoms with Gasteiger partial charge in [0.1, 0.15) is 0 Å². The number of benzene rings is 3. The van der Waals surface area contributed by atoms with Gasteiger partial charge in [-0.3, -0.25) is 4.79 Å². The van der Waals surface area contributed by atoms with Gasteiger partial charge in [0, 0.05) is 16.0 Å². The number of nitrogens with one attached hydrogen (secondary N) is 1. The molecule has 4 aromatic rings. The van der Waals surface area contributed by atoms with Crippen LogP contribution >= 0.6 is 11.8 Å². The zero-order valence-electron chi connectivity index (χ0n) is 18.9. The molecule has 1 aromatic heterocycles. The summed E-state index contributed by atoms with van der Waals surface area (Å²) >= 11 is 1.49. The summed E-state index contributed by atoms with van der Waals surface area (Å²) in [5.74, 6) is 2.34. The van der Waals surface area contributed by atoms with Crippen LogP contribution in [0, 0.1) is 0 Å². The van der Waals surface area contributed by atoms with Crippen LogP contribution in [0.5, 0.6) is 17.2 Å². The van der Waals surface area contributed by atoms with Gasteiger partial charge in [-0.1, -0.05) is 30.3 Å². The Balaban J connectivity index is 1.49. The first-order valence-electron chi connectivity index (χ1n) is 10.3. The van der Waals surface area contributed by atoms with E-state index in [4.69, 9.17) is 18.6 Å². The molecule has 1 N–H and O–H groups in total. The van der Waals surface area contributed by atoms with Crippen molar-refractivity contribution < 1.29 is 23.4 Å². The Morgan fingerprint density at radius 2 is 1.59 bits per heavy atom. The van der Waals surface area contributed by atoms with Crippen LogP contribution in [-0.4, -0.2) is 37.4 Å². The minimum Gasteiger partial charge on any atom is -0.493 e. The first kappa shape index (κ1) is 23.2. The Hall–Kier alpha value is -3.98. The molecule has 0 aliphatic carbocycles. The van der Waals surface area contributed by atoms with E-state index in [1.165, 1.54) is 33.1 Å². The Morgan fingerprint density at radius 1 is 0.912 bits per heavy atom. The van der Waals surface area contributed by atoms with Gasteiger partial charge < -0.3 is 23.9 Å². The minimum absolute atomic E-state index is 0.309. The molecule has 1 amide bonds. The number of ether oxygens (including phenoxy) is 3. The second kappa shape index (κ2) is 10.8. The fourth-order valence-electron chi connectivity index (χ4n) is 3.25. The van der Waals surface area contributed by atoms with Crippen LogP contribution in [0.3, 0.4) is 0 Å². The first-order valence-corrected chi connectivity index (χ1v) is 11.3. The number of methoxy groups -OCH3 is 3. The maximum absolute atomic E-state index is 13.0. The molecule has 9 heteroatoms. The number of hydrogen-bond donors (Lipinski definition) is 1. The highest BCUT2D eigenvalue weighted by Crippen LogP contribution is 2.38. The topological polar surface area (TPSA) is 95.7 Å². The van der Waals surface area contributed by atoms with Crippen LogP contribution in [0.2, 0.25) is 0 Å². The lowest BCUT2D eigenvalue weighted by Gasteiger charge is -2.15. The van der Waals surface area contributed by atoms with Crippen molar-refractivity contribution in [2.45, 2.75) is 10.6 Å². The average Bonchev–Trinajstić information content (AvgIpc) is 3.36. The van der Waals surface area contributed by atoms with Crippen molar-refractivity contribution in [3.8, 4) is 28.7 Å². The van der Waals surface area contributed by atoms with Crippen molar-refractivity contribution in [3.05, 3.63) is 78.2 Å². The molecule has 8 nitrogen and oxygen atoms in total. The van der Waals surface area contributed by atoms with Crippen molar-refractivity contribution in [2.75, 3.05) is 26.6 Å². The van der Waals surface area contributed by atoms with Gasteiger partial charge in [-0.25, -0.2) is 0 Å². The molecule has 0 unspecified atom stereocenters. The summed E-state index contributed by atoms with van der Waals surface area (Å²) in [5, 5.41) is 11.2. The van der Waals surface area contributed by atoms with Crippen LogP contribution in [-0.2, 0) is 5.75 Å². The largest absolute Gasteiger partial charge is 0.493 e. The molecule has 0 aliphatic rings. The van der Waals surface area contributed by atoms with Crippen molar-refractivity contribution in [3.63, 3.8) is 0 Å². The summed E-state index contributed by atoms with van der Waals surface area (Å²) in [6, 6.07) is 20.3. The van der Waals surface area contributed by atoms with E-state index in [9.17, 15) is 4.79 Å². The highest BCUT2D eigenvalue weighted by atomic mass is 32.2. The van der Waals surface area contributed by atoms with Crippen molar-refractivity contribution in [2.24, 2.45) is 0 Å². The molecule has 1 heterocycles. The molecule has 0 atom stereocenters. The monoisotopic (exact) mass is 477 g/mol. The predicted octanol–water partition coefficient (Wildman–Crippen LogP) is 5.31. The van der Waals surface area contributed by atoms with Gasteiger partial charge in [0.05, 0.1) is 32.8 Å². The summed E-state index contributed by atoms with van der Waals surface area (Å²) < 4.78 is 21.8. The quantitative estimate of drug-likeness (QED) is 0.324. The predicted molar refractivity (Wildman–Crippen MR) is 130 cm³/mol. The fraction of sp³-hybridized carbons (Fsp3) is 0.160. The lowest BCUT2D eigenvalue weighted by atomic mass is 10.1. The Labute approximate surface area is 201 Å². The molecule has 0 saturated carbocycles. The number of anilines is 1. The standard InChI is InChI=1S/C25H23N3O5S/c1-30-19-13-17(14-20(31-2)23(19)32-3)24(29)26-18-11-7-8-12-21(18)34-15-22-27-28-25(33-22)16-9-5-4-6-10-16/h4-14H,15H2,1-3H3,(H,26,29). The summed E-state index contributed by atoms with van der Waals surface area (Å²) in [5.41, 5.74) is 1.90. The number of carbonyl (C=O) groups excluding carboxylic acids is 1. The highest BCUT2D eigenvalue weighted by Gasteiger charge is 2.18. The summed E-state index contributed by atoms with van der Waals surface area (Å²) in [6.07, 6.45) is 0. The normalized spacial score (nSPS) is 10.6. The van der Waals surface area contributed by atoms with E-state index in [-0.39, 0.29) is 5.91 Å². The van der Waals surface area contributed by atoms with Gasteiger partial charge >= 0.3 is 0 Å². The maximum Gasteiger partial charge on any atom is 0.255 e. The molecular formula is C25H23N3O5S. The molecular weight excluding hydrogens is 454 g/mol. The van der Waals surface area contributed by atoms with E-state index in [0.29, 0.717) is 46.0 Å². The van der Waals surface area contributed by atoms with Crippen LogP contribution in [0.15, 0.2) is 76.0 Å². The van der Waals surface area contributed by atoms with Gasteiger partial charge in [0.2, 0.25) is 17.5 Å². The number of carbonyl (C=O) groups is 1. The van der Waals surface area contributed by atoms with E-state index in [1.54, 1.807) is 12.1 Å². The van der Waals surface area contributed by atoms with E-state index < -0.39 is 0 Å². The summed E-state index contributed by atoms with van der Waals surface area (Å²) in [7, 11) is 4.52. The van der Waals surface area contributed by atoms with E-state index in [2.05, 4.69) is 15.5 Å². The minimum atomic E-state index is -0.309. The van der Waals surface area contributed by atoms with Crippen LogP contribution < -0.4 is 19.5 Å². The maximum atomic E-state index is 13.0. The third-order valence-corrected chi connectivity index (χ3v) is 5.96. The molecule has 0 bridgehead atoms. The lowest BCUT2D eigenvalue weighted by Crippen LogP contribution is -2.13. The molecule has 4 rings (SSSR count). The zero-order valence-corrected chi connectivity index (χ0v) is 19.7. The third-order valence-electron chi connectivity index (χ3n) is 4.90. The third kappa shape index (κ3) is 5.15. The molecule has 3 aromatic carbocycles. The van der Waals surface area contributed by atoms with Crippen molar-refractivity contribution in [1.29, 1.82) is 0 Å². The smallest absolute Gasteiger partial charge is 0.255 e.